The Morgan fingerprint density at radius 2 is 1.75 bits per heavy atom. The second-order valence-corrected chi connectivity index (χ2v) is 8.66. The maximum Gasteiger partial charge on any atom is 0.224 e. The summed E-state index contributed by atoms with van der Waals surface area (Å²) in [4.78, 5) is 19.7. The van der Waals surface area contributed by atoms with Crippen molar-refractivity contribution in [3.05, 3.63) is 35.6 Å². The number of ether oxygens (including phenoxy) is 1. The first-order valence-electron chi connectivity index (χ1n) is 12.0. The highest BCUT2D eigenvalue weighted by molar-refractivity contribution is 5.80. The highest BCUT2D eigenvalue weighted by Gasteiger charge is 2.38. The Morgan fingerprint density at radius 3 is 2.44 bits per heavy atom. The number of carbonyl (C=O) groups is 1. The number of carbonyl (C=O) groups excluding carboxylic acids is 1. The topological polar surface area (TPSA) is 78.0 Å². The van der Waals surface area contributed by atoms with E-state index in [2.05, 4.69) is 27.8 Å². The van der Waals surface area contributed by atoms with Gasteiger partial charge in [0.15, 0.2) is 5.96 Å². The molecule has 2 aliphatic rings. The Hall–Kier alpha value is -2.19. The monoisotopic (exact) mass is 447 g/mol. The van der Waals surface area contributed by atoms with Crippen molar-refractivity contribution in [2.45, 2.75) is 51.0 Å². The van der Waals surface area contributed by atoms with Crippen molar-refractivity contribution in [2.75, 3.05) is 52.5 Å². The fraction of sp³-hybridized carbons (Fsp3) is 0.667. The number of halogens is 1. The summed E-state index contributed by atoms with van der Waals surface area (Å²) in [7, 11) is 0. The van der Waals surface area contributed by atoms with Crippen LogP contribution < -0.4 is 16.0 Å². The second kappa shape index (κ2) is 12.7. The molecular formula is C24H38FN5O2. The maximum absolute atomic E-state index is 13.0. The van der Waals surface area contributed by atoms with Crippen molar-refractivity contribution < 1.29 is 13.9 Å². The quantitative estimate of drug-likeness (QED) is 0.307. The number of guanidine groups is 1. The van der Waals surface area contributed by atoms with Crippen LogP contribution in [0.25, 0.3) is 0 Å². The van der Waals surface area contributed by atoms with Crippen molar-refractivity contribution in [3.8, 4) is 0 Å². The van der Waals surface area contributed by atoms with Crippen molar-refractivity contribution in [1.82, 2.24) is 20.9 Å². The Kier molecular flexibility index (Phi) is 9.74. The van der Waals surface area contributed by atoms with Crippen LogP contribution in [0.4, 0.5) is 4.39 Å². The molecule has 0 radical (unpaired) electrons. The van der Waals surface area contributed by atoms with E-state index in [1.807, 2.05) is 0 Å². The summed E-state index contributed by atoms with van der Waals surface area (Å²) in [5.41, 5.74) is 0.931. The standard InChI is InChI=1S/C24H38FN5O2/c1-2-26-23(28-13-12-27-22(31)18-20-6-8-21(25)9-7-20)29-19-24(10-4-3-5-11-24)30-14-16-32-17-15-30/h6-9H,2-5,10-19H2,1H3,(H,27,31)(H2,26,28,29). The summed E-state index contributed by atoms with van der Waals surface area (Å²) in [6, 6.07) is 6.02. The molecule has 1 aromatic rings. The van der Waals surface area contributed by atoms with E-state index in [9.17, 15) is 9.18 Å². The smallest absolute Gasteiger partial charge is 0.224 e. The average molecular weight is 448 g/mol. The van der Waals surface area contributed by atoms with Gasteiger partial charge in [-0.3, -0.25) is 14.7 Å². The molecule has 2 fully saturated rings. The van der Waals surface area contributed by atoms with Crippen molar-refractivity contribution in [1.29, 1.82) is 0 Å². The van der Waals surface area contributed by atoms with Gasteiger partial charge in [0.05, 0.1) is 26.2 Å². The van der Waals surface area contributed by atoms with Gasteiger partial charge in [-0.25, -0.2) is 4.39 Å². The minimum atomic E-state index is -0.294. The molecule has 8 heteroatoms. The number of hydrogen-bond donors (Lipinski definition) is 3. The lowest BCUT2D eigenvalue weighted by Gasteiger charge is -2.47. The molecule has 3 rings (SSSR count). The Balaban J connectivity index is 1.47. The van der Waals surface area contributed by atoms with Gasteiger partial charge >= 0.3 is 0 Å². The average Bonchev–Trinajstić information content (AvgIpc) is 2.83. The van der Waals surface area contributed by atoms with E-state index in [4.69, 9.17) is 9.73 Å². The minimum absolute atomic E-state index is 0.0752. The summed E-state index contributed by atoms with van der Waals surface area (Å²) in [6.45, 7) is 8.29. The van der Waals surface area contributed by atoms with Gasteiger partial charge in [0.2, 0.25) is 5.91 Å². The Morgan fingerprint density at radius 1 is 1.06 bits per heavy atom. The number of benzene rings is 1. The van der Waals surface area contributed by atoms with E-state index < -0.39 is 0 Å². The number of aliphatic imine (C=N–C) groups is 1. The molecule has 1 saturated carbocycles. The van der Waals surface area contributed by atoms with Crippen LogP contribution in [0.3, 0.4) is 0 Å². The lowest BCUT2D eigenvalue weighted by Crippen LogP contribution is -2.56. The fourth-order valence-electron chi connectivity index (χ4n) is 4.62. The van der Waals surface area contributed by atoms with Crippen LogP contribution in [0.1, 0.15) is 44.6 Å². The molecule has 0 aromatic heterocycles. The van der Waals surface area contributed by atoms with Crippen LogP contribution in [0.2, 0.25) is 0 Å². The normalized spacial score (nSPS) is 19.4. The summed E-state index contributed by atoms with van der Waals surface area (Å²) < 4.78 is 18.6. The number of nitrogens with zero attached hydrogens (tertiary/aromatic N) is 2. The largest absolute Gasteiger partial charge is 0.379 e. The zero-order chi connectivity index (χ0) is 22.7. The zero-order valence-corrected chi connectivity index (χ0v) is 19.3. The van der Waals surface area contributed by atoms with Crippen LogP contribution in [-0.2, 0) is 16.0 Å². The van der Waals surface area contributed by atoms with E-state index in [0.29, 0.717) is 13.1 Å². The van der Waals surface area contributed by atoms with Gasteiger partial charge in [-0.05, 0) is 37.5 Å². The third-order valence-corrected chi connectivity index (χ3v) is 6.36. The predicted molar refractivity (Wildman–Crippen MR) is 125 cm³/mol. The van der Waals surface area contributed by atoms with Gasteiger partial charge in [-0.15, -0.1) is 0 Å². The van der Waals surface area contributed by atoms with Gasteiger partial charge in [-0.2, -0.15) is 0 Å². The molecule has 32 heavy (non-hydrogen) atoms. The summed E-state index contributed by atoms with van der Waals surface area (Å²) in [5.74, 6) is 0.421. The van der Waals surface area contributed by atoms with E-state index in [-0.39, 0.29) is 23.7 Å². The molecule has 1 aliphatic heterocycles. The second-order valence-electron chi connectivity index (χ2n) is 8.66. The molecule has 1 heterocycles. The number of morpholine rings is 1. The molecule has 3 N–H and O–H groups in total. The highest BCUT2D eigenvalue weighted by atomic mass is 19.1. The molecule has 0 unspecified atom stereocenters. The maximum atomic E-state index is 13.0. The number of hydrogen-bond acceptors (Lipinski definition) is 4. The first-order valence-corrected chi connectivity index (χ1v) is 12.0. The SMILES string of the molecule is CCNC(=NCC1(N2CCOCC2)CCCCC1)NCCNC(=O)Cc1ccc(F)cc1. The molecule has 7 nitrogen and oxygen atoms in total. The highest BCUT2D eigenvalue weighted by Crippen LogP contribution is 2.34. The zero-order valence-electron chi connectivity index (χ0n) is 19.3. The first kappa shape index (κ1) is 24.5. The van der Waals surface area contributed by atoms with Crippen LogP contribution in [0, 0.1) is 5.82 Å². The Bertz CT molecular complexity index is 728. The molecule has 0 bridgehead atoms. The number of rotatable bonds is 9. The van der Waals surface area contributed by atoms with Crippen LogP contribution in [-0.4, -0.2) is 74.8 Å². The van der Waals surface area contributed by atoms with Crippen LogP contribution >= 0.6 is 0 Å². The van der Waals surface area contributed by atoms with Crippen molar-refractivity contribution in [3.63, 3.8) is 0 Å². The lowest BCUT2D eigenvalue weighted by molar-refractivity contribution is -0.120. The molecule has 178 valence electrons. The molecule has 0 atom stereocenters. The molecular weight excluding hydrogens is 409 g/mol. The third kappa shape index (κ3) is 7.45. The lowest BCUT2D eigenvalue weighted by atomic mass is 9.80. The van der Waals surface area contributed by atoms with Crippen molar-refractivity contribution in [2.24, 2.45) is 4.99 Å². The molecule has 1 aromatic carbocycles. The minimum Gasteiger partial charge on any atom is -0.379 e. The van der Waals surface area contributed by atoms with E-state index in [1.165, 1.54) is 44.2 Å². The van der Waals surface area contributed by atoms with E-state index in [0.717, 1.165) is 50.9 Å². The van der Waals surface area contributed by atoms with Gasteiger partial charge in [0.1, 0.15) is 5.82 Å². The third-order valence-electron chi connectivity index (χ3n) is 6.36. The van der Waals surface area contributed by atoms with Gasteiger partial charge in [-0.1, -0.05) is 31.4 Å². The molecule has 1 saturated heterocycles. The summed E-state index contributed by atoms with van der Waals surface area (Å²) in [5, 5.41) is 9.57. The predicted octanol–water partition coefficient (Wildman–Crippen LogP) is 2.07. The van der Waals surface area contributed by atoms with Gasteiger partial charge in [0, 0.05) is 38.3 Å². The van der Waals surface area contributed by atoms with Crippen molar-refractivity contribution >= 4 is 11.9 Å². The number of nitrogens with one attached hydrogen (secondary N) is 3. The van der Waals surface area contributed by atoms with Crippen LogP contribution in [0.15, 0.2) is 29.3 Å². The Labute approximate surface area is 191 Å². The first-order chi connectivity index (χ1) is 15.6. The van der Waals surface area contributed by atoms with Crippen LogP contribution in [0.5, 0.6) is 0 Å². The van der Waals surface area contributed by atoms with Gasteiger partial charge in [0.25, 0.3) is 0 Å². The van der Waals surface area contributed by atoms with E-state index in [1.54, 1.807) is 12.1 Å². The number of amides is 1. The molecule has 0 spiro atoms. The molecule has 1 aliphatic carbocycles. The summed E-state index contributed by atoms with van der Waals surface area (Å²) in [6.07, 6.45) is 6.46. The van der Waals surface area contributed by atoms with E-state index >= 15 is 0 Å². The van der Waals surface area contributed by atoms with Gasteiger partial charge < -0.3 is 20.7 Å². The molecule has 1 amide bonds. The fourth-order valence-corrected chi connectivity index (χ4v) is 4.62. The summed E-state index contributed by atoms with van der Waals surface area (Å²) >= 11 is 0.